The summed E-state index contributed by atoms with van der Waals surface area (Å²) in [5.74, 6) is 0.702. The molecule has 0 aliphatic rings. The first-order valence-corrected chi connectivity index (χ1v) is 7.88. The van der Waals surface area contributed by atoms with Crippen molar-refractivity contribution in [1.29, 1.82) is 0 Å². The summed E-state index contributed by atoms with van der Waals surface area (Å²) in [7, 11) is 0. The van der Waals surface area contributed by atoms with Crippen LogP contribution in [0.2, 0.25) is 5.15 Å². The molecule has 0 amide bonds. The minimum Gasteiger partial charge on any atom is -0.232 e. The number of hydrogen-bond donors (Lipinski definition) is 0. The van der Waals surface area contributed by atoms with Crippen LogP contribution in [0.1, 0.15) is 5.82 Å². The lowest BCUT2D eigenvalue weighted by molar-refractivity contribution is 1.10. The molecule has 2 aromatic carbocycles. The van der Waals surface area contributed by atoms with E-state index in [0.29, 0.717) is 11.0 Å². The molecule has 0 bridgehead atoms. The Kier molecular flexibility index (Phi) is 2.91. The van der Waals surface area contributed by atoms with Gasteiger partial charge in [0.25, 0.3) is 0 Å². The lowest BCUT2D eigenvalue weighted by atomic mass is 10.0. The molecule has 4 rings (SSSR count). The molecular formula is C17H11ClN2S. The predicted octanol–water partition coefficient (Wildman–Crippen LogP) is 5.47. The van der Waals surface area contributed by atoms with Gasteiger partial charge in [0.15, 0.2) is 5.15 Å². The van der Waals surface area contributed by atoms with E-state index in [0.717, 1.165) is 21.3 Å². The van der Waals surface area contributed by atoms with E-state index in [1.165, 1.54) is 10.8 Å². The van der Waals surface area contributed by atoms with E-state index in [4.69, 9.17) is 11.6 Å². The number of rotatable bonds is 1. The van der Waals surface area contributed by atoms with Crippen LogP contribution in [0.4, 0.5) is 0 Å². The Morgan fingerprint density at radius 2 is 1.81 bits per heavy atom. The van der Waals surface area contributed by atoms with Crippen molar-refractivity contribution in [3.63, 3.8) is 0 Å². The molecule has 0 radical (unpaired) electrons. The maximum Gasteiger partial charge on any atom is 0.150 e. The van der Waals surface area contributed by atoms with Gasteiger partial charge in [0.2, 0.25) is 0 Å². The van der Waals surface area contributed by atoms with Crippen molar-refractivity contribution in [1.82, 2.24) is 9.97 Å². The van der Waals surface area contributed by atoms with Crippen molar-refractivity contribution >= 4 is 43.9 Å². The second-order valence-corrected chi connectivity index (χ2v) is 6.19. The monoisotopic (exact) mass is 310 g/mol. The first kappa shape index (κ1) is 12.7. The molecule has 4 aromatic rings. The molecule has 102 valence electrons. The molecule has 0 fully saturated rings. The normalized spacial score (nSPS) is 11.3. The highest BCUT2D eigenvalue weighted by Crippen LogP contribution is 2.36. The number of benzene rings is 2. The third-order valence-electron chi connectivity index (χ3n) is 3.55. The number of halogens is 1. The zero-order valence-corrected chi connectivity index (χ0v) is 12.9. The van der Waals surface area contributed by atoms with Gasteiger partial charge in [-0.1, -0.05) is 48.0 Å². The maximum absolute atomic E-state index is 6.22. The van der Waals surface area contributed by atoms with Crippen LogP contribution in [-0.2, 0) is 0 Å². The third-order valence-corrected chi connectivity index (χ3v) is 4.91. The number of aromatic nitrogens is 2. The highest BCUT2D eigenvalue weighted by atomic mass is 35.5. The number of aryl methyl sites for hydroxylation is 1. The van der Waals surface area contributed by atoms with Gasteiger partial charge in [-0.05, 0) is 29.3 Å². The van der Waals surface area contributed by atoms with Crippen molar-refractivity contribution in [3.05, 3.63) is 58.8 Å². The first-order valence-electron chi connectivity index (χ1n) is 6.63. The number of thiophene rings is 1. The number of hydrogen-bond acceptors (Lipinski definition) is 3. The van der Waals surface area contributed by atoms with E-state index in [9.17, 15) is 0 Å². The van der Waals surface area contributed by atoms with Crippen molar-refractivity contribution < 1.29 is 0 Å². The van der Waals surface area contributed by atoms with Gasteiger partial charge in [-0.2, -0.15) is 0 Å². The zero-order valence-electron chi connectivity index (χ0n) is 11.3. The Morgan fingerprint density at radius 3 is 2.67 bits per heavy atom. The van der Waals surface area contributed by atoms with Gasteiger partial charge in [0, 0.05) is 10.9 Å². The molecule has 0 aliphatic heterocycles. The van der Waals surface area contributed by atoms with Crippen LogP contribution in [-0.4, -0.2) is 9.97 Å². The molecule has 4 heteroatoms. The van der Waals surface area contributed by atoms with Gasteiger partial charge >= 0.3 is 0 Å². The Balaban J connectivity index is 2.00. The number of nitrogens with zero attached hydrogens (tertiary/aromatic N) is 2. The summed E-state index contributed by atoms with van der Waals surface area (Å²) in [6, 6.07) is 14.8. The van der Waals surface area contributed by atoms with Crippen LogP contribution in [0, 0.1) is 6.92 Å². The van der Waals surface area contributed by atoms with Crippen LogP contribution in [0.3, 0.4) is 0 Å². The molecule has 0 spiro atoms. The average molecular weight is 311 g/mol. The Morgan fingerprint density at radius 1 is 1.00 bits per heavy atom. The molecule has 21 heavy (non-hydrogen) atoms. The van der Waals surface area contributed by atoms with E-state index in [1.807, 2.05) is 6.92 Å². The van der Waals surface area contributed by atoms with Crippen LogP contribution in [0.5, 0.6) is 0 Å². The summed E-state index contributed by atoms with van der Waals surface area (Å²) >= 11 is 7.81. The lowest BCUT2D eigenvalue weighted by Gasteiger charge is -2.03. The van der Waals surface area contributed by atoms with Gasteiger partial charge < -0.3 is 0 Å². The highest BCUT2D eigenvalue weighted by Gasteiger charge is 2.12. The molecule has 2 nitrogen and oxygen atoms in total. The quantitative estimate of drug-likeness (QED) is 0.435. The molecule has 2 aromatic heterocycles. The van der Waals surface area contributed by atoms with Crippen molar-refractivity contribution in [2.75, 3.05) is 0 Å². The van der Waals surface area contributed by atoms with Gasteiger partial charge in [-0.25, -0.2) is 9.97 Å². The Labute approximate surface area is 131 Å². The van der Waals surface area contributed by atoms with Crippen LogP contribution >= 0.6 is 22.9 Å². The predicted molar refractivity (Wildman–Crippen MR) is 90.1 cm³/mol. The van der Waals surface area contributed by atoms with E-state index in [-0.39, 0.29) is 0 Å². The standard InChI is InChI=1S/C17H11ClN2S/c1-10-19-15-14(9-21-16(15)17(18)20-10)13-7-6-11-4-2-3-5-12(11)8-13/h2-9H,1H3. The Hall–Kier alpha value is -1.97. The summed E-state index contributed by atoms with van der Waals surface area (Å²) in [5, 5.41) is 5.11. The summed E-state index contributed by atoms with van der Waals surface area (Å²) in [6.45, 7) is 1.87. The van der Waals surface area contributed by atoms with Gasteiger partial charge in [0.1, 0.15) is 5.82 Å². The molecule has 0 atom stereocenters. The molecule has 0 unspecified atom stereocenters. The molecule has 0 N–H and O–H groups in total. The summed E-state index contributed by atoms with van der Waals surface area (Å²) in [4.78, 5) is 8.79. The average Bonchev–Trinajstić information content (AvgIpc) is 2.91. The fraction of sp³-hybridized carbons (Fsp3) is 0.0588. The van der Waals surface area contributed by atoms with E-state index in [1.54, 1.807) is 11.3 Å². The molecule has 0 saturated heterocycles. The summed E-state index contributed by atoms with van der Waals surface area (Å²) in [5.41, 5.74) is 3.22. The van der Waals surface area contributed by atoms with E-state index >= 15 is 0 Å². The molecular weight excluding hydrogens is 300 g/mol. The van der Waals surface area contributed by atoms with E-state index in [2.05, 4.69) is 57.8 Å². The van der Waals surface area contributed by atoms with Gasteiger partial charge in [-0.15, -0.1) is 11.3 Å². The number of fused-ring (bicyclic) bond motifs is 2. The second kappa shape index (κ2) is 4.79. The van der Waals surface area contributed by atoms with Crippen LogP contribution in [0.25, 0.3) is 32.1 Å². The zero-order chi connectivity index (χ0) is 14.4. The van der Waals surface area contributed by atoms with Gasteiger partial charge in [0.05, 0.1) is 10.2 Å². The molecule has 2 heterocycles. The fourth-order valence-corrected chi connectivity index (χ4v) is 3.79. The second-order valence-electron chi connectivity index (χ2n) is 4.95. The topological polar surface area (TPSA) is 25.8 Å². The van der Waals surface area contributed by atoms with Crippen LogP contribution < -0.4 is 0 Å². The molecule has 0 aliphatic carbocycles. The maximum atomic E-state index is 6.22. The van der Waals surface area contributed by atoms with Gasteiger partial charge in [-0.3, -0.25) is 0 Å². The highest BCUT2D eigenvalue weighted by molar-refractivity contribution is 7.18. The third kappa shape index (κ3) is 2.09. The summed E-state index contributed by atoms with van der Waals surface area (Å²) in [6.07, 6.45) is 0. The fourth-order valence-electron chi connectivity index (χ4n) is 2.55. The van der Waals surface area contributed by atoms with Crippen LogP contribution in [0.15, 0.2) is 47.8 Å². The SMILES string of the molecule is Cc1nc(Cl)c2scc(-c3ccc4ccccc4c3)c2n1. The Bertz CT molecular complexity index is 975. The van der Waals surface area contributed by atoms with Crippen molar-refractivity contribution in [2.45, 2.75) is 6.92 Å². The minimum absolute atomic E-state index is 0.537. The first-order chi connectivity index (χ1) is 10.2. The van der Waals surface area contributed by atoms with Crippen molar-refractivity contribution in [3.8, 4) is 11.1 Å². The minimum atomic E-state index is 0.537. The smallest absolute Gasteiger partial charge is 0.150 e. The summed E-state index contributed by atoms with van der Waals surface area (Å²) < 4.78 is 0.949. The molecule has 0 saturated carbocycles. The lowest BCUT2D eigenvalue weighted by Crippen LogP contribution is -1.88. The van der Waals surface area contributed by atoms with Crippen molar-refractivity contribution in [2.24, 2.45) is 0 Å². The van der Waals surface area contributed by atoms with E-state index < -0.39 is 0 Å². The largest absolute Gasteiger partial charge is 0.232 e.